The molecule has 0 radical (unpaired) electrons. The number of urea groups is 1. The van der Waals surface area contributed by atoms with Crippen LogP contribution in [0, 0.1) is 23.2 Å². The molecule has 6 nitrogen and oxygen atoms in total. The summed E-state index contributed by atoms with van der Waals surface area (Å²) in [5.41, 5.74) is -0.551. The van der Waals surface area contributed by atoms with E-state index in [1.165, 1.54) is 6.42 Å². The van der Waals surface area contributed by atoms with Crippen LogP contribution < -0.4 is 10.6 Å². The summed E-state index contributed by atoms with van der Waals surface area (Å²) in [6, 6.07) is -0.281. The van der Waals surface area contributed by atoms with E-state index in [0.717, 1.165) is 37.0 Å². The van der Waals surface area contributed by atoms with E-state index in [-0.39, 0.29) is 29.8 Å². The number of rotatable bonds is 5. The van der Waals surface area contributed by atoms with Crippen LogP contribution in [0.1, 0.15) is 86.0 Å². The second-order valence-electron chi connectivity index (χ2n) is 10.5. The van der Waals surface area contributed by atoms with Crippen molar-refractivity contribution < 1.29 is 14.4 Å². The molecular weight excluding hydrogens is 366 g/mol. The van der Waals surface area contributed by atoms with Gasteiger partial charge in [-0.05, 0) is 55.3 Å². The molecule has 3 unspecified atom stereocenters. The Morgan fingerprint density at radius 3 is 2.45 bits per heavy atom. The zero-order valence-electron chi connectivity index (χ0n) is 18.8. The zero-order chi connectivity index (χ0) is 21.4. The van der Waals surface area contributed by atoms with Crippen LogP contribution >= 0.6 is 0 Å². The molecule has 0 bridgehead atoms. The molecule has 3 rings (SSSR count). The number of hydrogen-bond donors (Lipinski definition) is 2. The monoisotopic (exact) mass is 405 g/mol. The largest absolute Gasteiger partial charge is 0.352 e. The average Bonchev–Trinajstić information content (AvgIpc) is 2.90. The lowest BCUT2D eigenvalue weighted by atomic mass is 9.65. The first-order valence-electron chi connectivity index (χ1n) is 11.5. The SMILES string of the molecule is CCC(C)(C)C1CCC2(CC1)NC(=O)N(CC(=O)NC1CCCC(C)C1C)C2=O. The van der Waals surface area contributed by atoms with Crippen LogP contribution in [0.5, 0.6) is 0 Å². The van der Waals surface area contributed by atoms with Gasteiger partial charge in [0, 0.05) is 6.04 Å². The molecule has 1 heterocycles. The van der Waals surface area contributed by atoms with E-state index in [9.17, 15) is 14.4 Å². The summed E-state index contributed by atoms with van der Waals surface area (Å²) < 4.78 is 0. The van der Waals surface area contributed by atoms with E-state index < -0.39 is 11.6 Å². The number of nitrogens with one attached hydrogen (secondary N) is 2. The Kier molecular flexibility index (Phi) is 6.30. The van der Waals surface area contributed by atoms with Gasteiger partial charge in [-0.25, -0.2) is 4.79 Å². The first kappa shape index (κ1) is 22.1. The van der Waals surface area contributed by atoms with Gasteiger partial charge in [-0.15, -0.1) is 0 Å². The fourth-order valence-electron chi connectivity index (χ4n) is 5.52. The molecule has 1 saturated heterocycles. The normalized spacial score (nSPS) is 35.7. The lowest BCUT2D eigenvalue weighted by Crippen LogP contribution is -2.51. The standard InChI is InChI=1S/C23H39N3O3/c1-6-22(4,5)17-10-12-23(13-11-17)20(28)26(21(29)25-23)14-19(27)24-18-9-7-8-15(2)16(18)3/h15-18H,6-14H2,1-5H3,(H,24,27)(H,25,29). The zero-order valence-corrected chi connectivity index (χ0v) is 18.8. The minimum atomic E-state index is -0.801. The van der Waals surface area contributed by atoms with Crippen molar-refractivity contribution in [3.8, 4) is 0 Å². The summed E-state index contributed by atoms with van der Waals surface area (Å²) in [6.07, 6.45) is 7.58. The van der Waals surface area contributed by atoms with Gasteiger partial charge >= 0.3 is 6.03 Å². The lowest BCUT2D eigenvalue weighted by molar-refractivity contribution is -0.136. The van der Waals surface area contributed by atoms with Crippen LogP contribution in [0.25, 0.3) is 0 Å². The van der Waals surface area contributed by atoms with Gasteiger partial charge in [0.05, 0.1) is 0 Å². The molecular formula is C23H39N3O3. The smallest absolute Gasteiger partial charge is 0.325 e. The second kappa shape index (κ2) is 8.27. The highest BCUT2D eigenvalue weighted by Gasteiger charge is 2.53. The molecule has 3 atom stereocenters. The quantitative estimate of drug-likeness (QED) is 0.682. The fourth-order valence-corrected chi connectivity index (χ4v) is 5.52. The molecule has 3 fully saturated rings. The van der Waals surface area contributed by atoms with E-state index in [1.54, 1.807) is 0 Å². The summed E-state index contributed by atoms with van der Waals surface area (Å²) in [5.74, 6) is 1.12. The molecule has 0 aromatic carbocycles. The first-order valence-corrected chi connectivity index (χ1v) is 11.5. The molecule has 0 aromatic heterocycles. The number of imide groups is 1. The molecule has 29 heavy (non-hydrogen) atoms. The van der Waals surface area contributed by atoms with Gasteiger partial charge in [-0.3, -0.25) is 14.5 Å². The number of carbonyl (C=O) groups is 3. The number of nitrogens with zero attached hydrogens (tertiary/aromatic N) is 1. The van der Waals surface area contributed by atoms with E-state index in [1.807, 2.05) is 0 Å². The van der Waals surface area contributed by atoms with E-state index in [4.69, 9.17) is 0 Å². The van der Waals surface area contributed by atoms with Crippen LogP contribution in [-0.4, -0.2) is 40.9 Å². The van der Waals surface area contributed by atoms with Gasteiger partial charge in [0.15, 0.2) is 0 Å². The van der Waals surface area contributed by atoms with E-state index >= 15 is 0 Å². The van der Waals surface area contributed by atoms with Crippen molar-refractivity contribution in [2.24, 2.45) is 23.2 Å². The molecule has 164 valence electrons. The van der Waals surface area contributed by atoms with Crippen LogP contribution in [0.15, 0.2) is 0 Å². The van der Waals surface area contributed by atoms with E-state index in [0.29, 0.717) is 30.6 Å². The highest BCUT2D eigenvalue weighted by atomic mass is 16.2. The van der Waals surface area contributed by atoms with Crippen LogP contribution in [0.2, 0.25) is 0 Å². The molecule has 2 aliphatic carbocycles. The third-order valence-electron chi connectivity index (χ3n) is 8.46. The van der Waals surface area contributed by atoms with Gasteiger partial charge in [-0.2, -0.15) is 0 Å². The molecule has 2 saturated carbocycles. The van der Waals surface area contributed by atoms with Crippen LogP contribution in [0.3, 0.4) is 0 Å². The Balaban J connectivity index is 1.59. The maximum absolute atomic E-state index is 13.1. The Bertz CT molecular complexity index is 652. The van der Waals surface area contributed by atoms with Crippen LogP contribution in [-0.2, 0) is 9.59 Å². The van der Waals surface area contributed by atoms with E-state index in [2.05, 4.69) is 45.3 Å². The Morgan fingerprint density at radius 1 is 1.17 bits per heavy atom. The number of carbonyl (C=O) groups excluding carboxylic acids is 3. The fraction of sp³-hybridized carbons (Fsp3) is 0.870. The highest BCUT2D eigenvalue weighted by molar-refractivity contribution is 6.09. The van der Waals surface area contributed by atoms with Crippen molar-refractivity contribution in [3.05, 3.63) is 0 Å². The molecule has 0 aromatic rings. The summed E-state index contributed by atoms with van der Waals surface area (Å²) >= 11 is 0. The predicted molar refractivity (Wildman–Crippen MR) is 113 cm³/mol. The van der Waals surface area contributed by atoms with Gasteiger partial charge in [-0.1, -0.05) is 53.9 Å². The molecule has 3 aliphatic rings. The van der Waals surface area contributed by atoms with Gasteiger partial charge in [0.2, 0.25) is 5.91 Å². The van der Waals surface area contributed by atoms with Crippen molar-refractivity contribution in [1.82, 2.24) is 15.5 Å². The van der Waals surface area contributed by atoms with Crippen molar-refractivity contribution in [2.45, 2.75) is 97.6 Å². The third-order valence-corrected chi connectivity index (χ3v) is 8.46. The summed E-state index contributed by atoms with van der Waals surface area (Å²) in [5, 5.41) is 6.02. The van der Waals surface area contributed by atoms with Crippen molar-refractivity contribution in [2.75, 3.05) is 6.54 Å². The third kappa shape index (κ3) is 4.31. The van der Waals surface area contributed by atoms with Crippen molar-refractivity contribution in [3.63, 3.8) is 0 Å². The van der Waals surface area contributed by atoms with Gasteiger partial charge < -0.3 is 10.6 Å². The summed E-state index contributed by atoms with van der Waals surface area (Å²) in [4.78, 5) is 39.4. The Labute approximate surface area is 175 Å². The van der Waals surface area contributed by atoms with Crippen molar-refractivity contribution >= 4 is 17.8 Å². The molecule has 4 amide bonds. The topological polar surface area (TPSA) is 78.5 Å². The molecule has 1 spiro atoms. The molecule has 1 aliphatic heterocycles. The maximum atomic E-state index is 13.1. The first-order chi connectivity index (χ1) is 13.6. The summed E-state index contributed by atoms with van der Waals surface area (Å²) in [7, 11) is 0. The summed E-state index contributed by atoms with van der Waals surface area (Å²) in [6.45, 7) is 11.0. The molecule has 6 heteroatoms. The lowest BCUT2D eigenvalue weighted by Gasteiger charge is -2.42. The van der Waals surface area contributed by atoms with Crippen molar-refractivity contribution in [1.29, 1.82) is 0 Å². The number of hydrogen-bond acceptors (Lipinski definition) is 3. The minimum Gasteiger partial charge on any atom is -0.352 e. The highest BCUT2D eigenvalue weighted by Crippen LogP contribution is 2.45. The Hall–Kier alpha value is -1.59. The maximum Gasteiger partial charge on any atom is 0.325 e. The minimum absolute atomic E-state index is 0.132. The Morgan fingerprint density at radius 2 is 1.83 bits per heavy atom. The van der Waals surface area contributed by atoms with Gasteiger partial charge in [0.1, 0.15) is 12.1 Å². The average molecular weight is 406 g/mol. The van der Waals surface area contributed by atoms with Gasteiger partial charge in [0.25, 0.3) is 5.91 Å². The second-order valence-corrected chi connectivity index (χ2v) is 10.5. The molecule has 2 N–H and O–H groups in total. The number of amides is 4. The predicted octanol–water partition coefficient (Wildman–Crippen LogP) is 3.84. The van der Waals surface area contributed by atoms with Crippen LogP contribution in [0.4, 0.5) is 4.79 Å².